The number of hydrogen-bond donors (Lipinski definition) is 0. The van der Waals surface area contributed by atoms with Gasteiger partial charge in [0.05, 0.1) is 0 Å². The monoisotopic (exact) mass is 255 g/mol. The van der Waals surface area contributed by atoms with E-state index in [2.05, 4.69) is 29.3 Å². The molecule has 2 heteroatoms. The zero-order valence-corrected chi connectivity index (χ0v) is 10.8. The number of rotatable bonds is 1. The number of pyridine rings is 1. The van der Waals surface area contributed by atoms with Crippen LogP contribution < -0.4 is 0 Å². The van der Waals surface area contributed by atoms with Gasteiger partial charge in [0.25, 0.3) is 0 Å². The quantitative estimate of drug-likeness (QED) is 0.725. The van der Waals surface area contributed by atoms with Crippen molar-refractivity contribution in [2.24, 2.45) is 0 Å². The number of benzene rings is 1. The topological polar surface area (TPSA) is 12.9 Å². The molecule has 0 unspecified atom stereocenters. The molecule has 3 rings (SSSR count). The molecule has 2 aromatic rings. The van der Waals surface area contributed by atoms with Crippen LogP contribution >= 0.6 is 11.6 Å². The highest BCUT2D eigenvalue weighted by molar-refractivity contribution is 6.30. The van der Waals surface area contributed by atoms with E-state index in [1.54, 1.807) is 6.20 Å². The zero-order valence-electron chi connectivity index (χ0n) is 10.1. The molecule has 0 amide bonds. The number of aryl methyl sites for hydroxylation is 1. The van der Waals surface area contributed by atoms with Crippen LogP contribution in [-0.4, -0.2) is 4.98 Å². The first-order chi connectivity index (χ1) is 8.83. The molecule has 0 bridgehead atoms. The lowest BCUT2D eigenvalue weighted by molar-refractivity contribution is 0.824. The van der Waals surface area contributed by atoms with Crippen molar-refractivity contribution in [3.05, 3.63) is 64.4 Å². The van der Waals surface area contributed by atoms with Crippen molar-refractivity contribution in [2.45, 2.75) is 19.3 Å². The first-order valence-corrected chi connectivity index (χ1v) is 6.60. The van der Waals surface area contributed by atoms with Gasteiger partial charge in [-0.2, -0.15) is 0 Å². The van der Waals surface area contributed by atoms with E-state index in [9.17, 15) is 0 Å². The Kier molecular flexibility index (Phi) is 3.16. The Morgan fingerprint density at radius 3 is 2.94 bits per heavy atom. The zero-order chi connectivity index (χ0) is 12.4. The minimum atomic E-state index is 0.830. The minimum Gasteiger partial charge on any atom is -0.264 e. The molecule has 1 aliphatic carbocycles. The molecule has 1 heterocycles. The smallest absolute Gasteiger partial charge is 0.0409 e. The molecule has 1 aliphatic rings. The van der Waals surface area contributed by atoms with Crippen LogP contribution in [-0.2, 0) is 6.42 Å². The van der Waals surface area contributed by atoms with E-state index >= 15 is 0 Å². The number of hydrogen-bond acceptors (Lipinski definition) is 1. The molecule has 1 aromatic heterocycles. The summed E-state index contributed by atoms with van der Waals surface area (Å²) in [4.78, 5) is 4.15. The molecule has 0 atom stereocenters. The summed E-state index contributed by atoms with van der Waals surface area (Å²) in [6.07, 6.45) is 9.38. The van der Waals surface area contributed by atoms with Crippen molar-refractivity contribution in [1.82, 2.24) is 4.98 Å². The third kappa shape index (κ3) is 2.32. The van der Waals surface area contributed by atoms with E-state index in [0.29, 0.717) is 0 Å². The van der Waals surface area contributed by atoms with Crippen LogP contribution in [0.1, 0.15) is 29.5 Å². The van der Waals surface area contributed by atoms with Crippen LogP contribution in [0.2, 0.25) is 5.02 Å². The summed E-state index contributed by atoms with van der Waals surface area (Å²) in [5.41, 5.74) is 5.26. The van der Waals surface area contributed by atoms with Crippen LogP contribution in [0, 0.1) is 0 Å². The van der Waals surface area contributed by atoms with E-state index in [1.807, 2.05) is 18.3 Å². The predicted octanol–water partition coefficient (Wildman–Crippen LogP) is 4.61. The molecule has 1 aromatic carbocycles. The van der Waals surface area contributed by atoms with Crippen LogP contribution in [0.5, 0.6) is 0 Å². The van der Waals surface area contributed by atoms with Crippen molar-refractivity contribution in [2.75, 3.05) is 0 Å². The Labute approximate surface area is 112 Å². The Morgan fingerprint density at radius 2 is 2.11 bits per heavy atom. The lowest BCUT2D eigenvalue weighted by atomic mass is 9.86. The number of halogens is 1. The molecule has 0 fully saturated rings. The average Bonchev–Trinajstić information content (AvgIpc) is 2.40. The van der Waals surface area contributed by atoms with Gasteiger partial charge in [-0.15, -0.1) is 0 Å². The highest BCUT2D eigenvalue weighted by atomic mass is 35.5. The summed E-state index contributed by atoms with van der Waals surface area (Å²) < 4.78 is 0. The second-order valence-corrected chi connectivity index (χ2v) is 5.05. The van der Waals surface area contributed by atoms with Crippen molar-refractivity contribution in [3.63, 3.8) is 0 Å². The Bertz CT molecular complexity index is 587. The largest absolute Gasteiger partial charge is 0.264 e. The van der Waals surface area contributed by atoms with Gasteiger partial charge in [0.2, 0.25) is 0 Å². The Balaban J connectivity index is 2.04. The summed E-state index contributed by atoms with van der Waals surface area (Å²) in [5.74, 6) is 0. The maximum absolute atomic E-state index is 6.06. The third-order valence-electron chi connectivity index (χ3n) is 3.33. The van der Waals surface area contributed by atoms with Gasteiger partial charge < -0.3 is 0 Å². The molecular weight excluding hydrogens is 242 g/mol. The van der Waals surface area contributed by atoms with Gasteiger partial charge in [-0.3, -0.25) is 4.98 Å². The second kappa shape index (κ2) is 4.95. The van der Waals surface area contributed by atoms with Crippen LogP contribution in [0.3, 0.4) is 0 Å². The Hall–Kier alpha value is -1.60. The van der Waals surface area contributed by atoms with Gasteiger partial charge in [-0.25, -0.2) is 0 Å². The fourth-order valence-corrected chi connectivity index (χ4v) is 2.69. The van der Waals surface area contributed by atoms with Gasteiger partial charge in [0.15, 0.2) is 0 Å². The summed E-state index contributed by atoms with van der Waals surface area (Å²) in [7, 11) is 0. The first-order valence-electron chi connectivity index (χ1n) is 6.22. The normalized spacial score (nSPS) is 16.6. The molecule has 0 N–H and O–H groups in total. The Morgan fingerprint density at radius 1 is 1.17 bits per heavy atom. The standard InChI is InChI=1S/C16H14ClN/c17-15-6-7-16-13(4-1-5-14(16)10-15)9-12-3-2-8-18-11-12/h2-3,6-11H,1,4-5H2/b13-9+. The first kappa shape index (κ1) is 11.5. The highest BCUT2D eigenvalue weighted by Crippen LogP contribution is 2.33. The molecule has 90 valence electrons. The maximum Gasteiger partial charge on any atom is 0.0409 e. The van der Waals surface area contributed by atoms with E-state index in [4.69, 9.17) is 11.6 Å². The van der Waals surface area contributed by atoms with Gasteiger partial charge in [0.1, 0.15) is 0 Å². The summed E-state index contributed by atoms with van der Waals surface area (Å²) in [6.45, 7) is 0. The van der Waals surface area contributed by atoms with Crippen LogP contribution in [0.4, 0.5) is 0 Å². The van der Waals surface area contributed by atoms with Gasteiger partial charge in [-0.1, -0.05) is 23.7 Å². The molecular formula is C16H14ClN. The SMILES string of the molecule is Clc1ccc2c(c1)CCC/C2=C\c1cccnc1. The van der Waals surface area contributed by atoms with Crippen molar-refractivity contribution in [1.29, 1.82) is 0 Å². The highest BCUT2D eigenvalue weighted by Gasteiger charge is 2.14. The van der Waals surface area contributed by atoms with Crippen molar-refractivity contribution in [3.8, 4) is 0 Å². The molecule has 0 saturated heterocycles. The fraction of sp³-hybridized carbons (Fsp3) is 0.188. The van der Waals surface area contributed by atoms with Crippen LogP contribution in [0.15, 0.2) is 42.7 Å². The molecule has 0 radical (unpaired) electrons. The summed E-state index contributed by atoms with van der Waals surface area (Å²) in [6, 6.07) is 10.3. The lowest BCUT2D eigenvalue weighted by Gasteiger charge is -2.19. The van der Waals surface area contributed by atoms with E-state index in [0.717, 1.165) is 23.4 Å². The average molecular weight is 256 g/mol. The summed E-state index contributed by atoms with van der Waals surface area (Å²) in [5, 5.41) is 0.830. The molecule has 1 nitrogen and oxygen atoms in total. The lowest BCUT2D eigenvalue weighted by Crippen LogP contribution is -2.01. The van der Waals surface area contributed by atoms with E-state index in [-0.39, 0.29) is 0 Å². The van der Waals surface area contributed by atoms with Crippen LogP contribution in [0.25, 0.3) is 11.6 Å². The number of allylic oxidation sites excluding steroid dienone is 1. The van der Waals surface area contributed by atoms with Crippen molar-refractivity contribution < 1.29 is 0 Å². The minimum absolute atomic E-state index is 0.830. The maximum atomic E-state index is 6.06. The molecule has 0 saturated carbocycles. The summed E-state index contributed by atoms with van der Waals surface area (Å²) >= 11 is 6.06. The number of nitrogens with zero attached hydrogens (tertiary/aromatic N) is 1. The predicted molar refractivity (Wildman–Crippen MR) is 76.5 cm³/mol. The number of aromatic nitrogens is 1. The number of fused-ring (bicyclic) bond motifs is 1. The molecule has 0 aliphatic heterocycles. The van der Waals surface area contributed by atoms with Crippen molar-refractivity contribution >= 4 is 23.3 Å². The fourth-order valence-electron chi connectivity index (χ4n) is 2.50. The third-order valence-corrected chi connectivity index (χ3v) is 3.57. The van der Waals surface area contributed by atoms with E-state index < -0.39 is 0 Å². The molecule has 18 heavy (non-hydrogen) atoms. The van der Waals surface area contributed by atoms with E-state index in [1.165, 1.54) is 23.1 Å². The van der Waals surface area contributed by atoms with Gasteiger partial charge >= 0.3 is 0 Å². The second-order valence-electron chi connectivity index (χ2n) is 4.61. The van der Waals surface area contributed by atoms with Gasteiger partial charge in [-0.05, 0) is 65.8 Å². The van der Waals surface area contributed by atoms with Gasteiger partial charge in [0, 0.05) is 17.4 Å². The molecule has 0 spiro atoms.